The van der Waals surface area contributed by atoms with Crippen LogP contribution >= 0.6 is 0 Å². The second-order valence-corrected chi connectivity index (χ2v) is 4.22. The number of alkyl halides is 3. The van der Waals surface area contributed by atoms with Crippen molar-refractivity contribution in [1.82, 2.24) is 19.9 Å². The van der Waals surface area contributed by atoms with Gasteiger partial charge in [-0.25, -0.2) is 4.98 Å². The SMILES string of the molecule is CCCNc1nc(NCCC(F)(F)F)c2[nH]cnc2n1. The Hall–Kier alpha value is -2.06. The minimum absolute atomic E-state index is 0.248. The Bertz CT molecular complexity index is 565. The quantitative estimate of drug-likeness (QED) is 0.761. The zero-order valence-electron chi connectivity index (χ0n) is 10.9. The van der Waals surface area contributed by atoms with E-state index in [4.69, 9.17) is 0 Å². The van der Waals surface area contributed by atoms with Gasteiger partial charge in [-0.3, -0.25) is 0 Å². The first-order valence-electron chi connectivity index (χ1n) is 6.25. The minimum atomic E-state index is -4.20. The molecular weight excluding hydrogens is 273 g/mol. The van der Waals surface area contributed by atoms with Gasteiger partial charge in [0.25, 0.3) is 0 Å². The fourth-order valence-electron chi connectivity index (χ4n) is 1.60. The standard InChI is InChI=1S/C11H15F3N6/c1-2-4-16-10-19-8(15-5-3-11(12,13)14)7-9(20-10)18-6-17-7/h6H,2-5H2,1H3,(H3,15,16,17,18,19,20). The van der Waals surface area contributed by atoms with E-state index >= 15 is 0 Å². The van der Waals surface area contributed by atoms with E-state index in [1.54, 1.807) is 0 Å². The zero-order chi connectivity index (χ0) is 14.6. The molecule has 0 fully saturated rings. The van der Waals surface area contributed by atoms with Gasteiger partial charge in [0.2, 0.25) is 5.95 Å². The molecule has 2 rings (SSSR count). The van der Waals surface area contributed by atoms with Crippen LogP contribution in [0, 0.1) is 0 Å². The molecule has 0 unspecified atom stereocenters. The van der Waals surface area contributed by atoms with E-state index in [2.05, 4.69) is 30.6 Å². The van der Waals surface area contributed by atoms with Gasteiger partial charge in [0.1, 0.15) is 5.52 Å². The number of hydrogen-bond donors (Lipinski definition) is 3. The lowest BCUT2D eigenvalue weighted by Gasteiger charge is -2.10. The highest BCUT2D eigenvalue weighted by molar-refractivity contribution is 5.83. The molecule has 2 heterocycles. The summed E-state index contributed by atoms with van der Waals surface area (Å²) in [4.78, 5) is 15.1. The zero-order valence-corrected chi connectivity index (χ0v) is 10.9. The number of H-pyrrole nitrogens is 1. The van der Waals surface area contributed by atoms with Gasteiger partial charge in [-0.2, -0.15) is 23.1 Å². The van der Waals surface area contributed by atoms with Crippen molar-refractivity contribution in [3.05, 3.63) is 6.33 Å². The molecule has 0 spiro atoms. The number of nitrogens with one attached hydrogen (secondary N) is 3. The van der Waals surface area contributed by atoms with E-state index in [-0.39, 0.29) is 6.54 Å². The van der Waals surface area contributed by atoms with Crippen molar-refractivity contribution in [2.24, 2.45) is 0 Å². The third-order valence-electron chi connectivity index (χ3n) is 2.52. The first kappa shape index (κ1) is 14.4. The van der Waals surface area contributed by atoms with E-state index < -0.39 is 12.6 Å². The van der Waals surface area contributed by atoms with Crippen LogP contribution in [0.5, 0.6) is 0 Å². The maximum Gasteiger partial charge on any atom is 0.390 e. The van der Waals surface area contributed by atoms with Crippen LogP contribution in [0.3, 0.4) is 0 Å². The summed E-state index contributed by atoms with van der Waals surface area (Å²) in [6.07, 6.45) is -2.81. The van der Waals surface area contributed by atoms with Crippen LogP contribution in [0.25, 0.3) is 11.2 Å². The van der Waals surface area contributed by atoms with Crippen molar-refractivity contribution < 1.29 is 13.2 Å². The summed E-state index contributed by atoms with van der Waals surface area (Å²) in [5, 5.41) is 5.65. The molecule has 0 atom stereocenters. The van der Waals surface area contributed by atoms with Crippen LogP contribution in [0.1, 0.15) is 19.8 Å². The van der Waals surface area contributed by atoms with Crippen LogP contribution < -0.4 is 10.6 Å². The molecule has 20 heavy (non-hydrogen) atoms. The monoisotopic (exact) mass is 288 g/mol. The molecule has 110 valence electrons. The summed E-state index contributed by atoms with van der Waals surface area (Å²) in [6, 6.07) is 0. The van der Waals surface area contributed by atoms with Crippen molar-refractivity contribution in [3.8, 4) is 0 Å². The van der Waals surface area contributed by atoms with Crippen LogP contribution in [-0.2, 0) is 0 Å². The van der Waals surface area contributed by atoms with Crippen LogP contribution in [-0.4, -0.2) is 39.2 Å². The molecule has 0 aliphatic heterocycles. The normalized spacial score (nSPS) is 11.8. The maximum absolute atomic E-state index is 12.2. The summed E-state index contributed by atoms with van der Waals surface area (Å²) in [6.45, 7) is 2.42. The van der Waals surface area contributed by atoms with Crippen molar-refractivity contribution in [3.63, 3.8) is 0 Å². The lowest BCUT2D eigenvalue weighted by atomic mass is 10.4. The molecule has 9 heteroatoms. The van der Waals surface area contributed by atoms with Crippen molar-refractivity contribution >= 4 is 22.9 Å². The predicted molar refractivity (Wildman–Crippen MR) is 69.6 cm³/mol. The average molecular weight is 288 g/mol. The summed E-state index contributed by atoms with van der Waals surface area (Å²) < 4.78 is 36.5. The number of anilines is 2. The highest BCUT2D eigenvalue weighted by Crippen LogP contribution is 2.22. The van der Waals surface area contributed by atoms with Crippen LogP contribution in [0.2, 0.25) is 0 Å². The first-order chi connectivity index (χ1) is 9.49. The van der Waals surface area contributed by atoms with Gasteiger partial charge < -0.3 is 15.6 Å². The smallest absolute Gasteiger partial charge is 0.368 e. The van der Waals surface area contributed by atoms with Crippen LogP contribution in [0.15, 0.2) is 6.33 Å². The van der Waals surface area contributed by atoms with E-state index in [0.29, 0.717) is 29.5 Å². The fraction of sp³-hybridized carbons (Fsp3) is 0.545. The Kier molecular flexibility index (Phi) is 4.26. The molecule has 0 bridgehead atoms. The third kappa shape index (κ3) is 3.72. The van der Waals surface area contributed by atoms with E-state index in [1.807, 2.05) is 6.92 Å². The highest BCUT2D eigenvalue weighted by atomic mass is 19.4. The van der Waals surface area contributed by atoms with Crippen LogP contribution in [0.4, 0.5) is 24.9 Å². The lowest BCUT2D eigenvalue weighted by Crippen LogP contribution is -2.16. The van der Waals surface area contributed by atoms with Gasteiger partial charge in [-0.1, -0.05) is 6.92 Å². The largest absolute Gasteiger partial charge is 0.390 e. The molecule has 0 aliphatic rings. The lowest BCUT2D eigenvalue weighted by molar-refractivity contribution is -0.131. The molecule has 0 aliphatic carbocycles. The van der Waals surface area contributed by atoms with Crippen molar-refractivity contribution in [2.45, 2.75) is 25.9 Å². The summed E-state index contributed by atoms with van der Waals surface area (Å²) >= 11 is 0. The molecule has 0 amide bonds. The summed E-state index contributed by atoms with van der Waals surface area (Å²) in [5.41, 5.74) is 0.905. The number of hydrogen-bond acceptors (Lipinski definition) is 5. The van der Waals surface area contributed by atoms with E-state index in [9.17, 15) is 13.2 Å². The molecule has 0 saturated heterocycles. The average Bonchev–Trinajstić information content (AvgIpc) is 2.83. The molecule has 6 nitrogen and oxygen atoms in total. The highest BCUT2D eigenvalue weighted by Gasteiger charge is 2.26. The maximum atomic E-state index is 12.2. The van der Waals surface area contributed by atoms with Gasteiger partial charge in [-0.05, 0) is 6.42 Å². The minimum Gasteiger partial charge on any atom is -0.368 e. The number of fused-ring (bicyclic) bond motifs is 1. The van der Waals surface area contributed by atoms with E-state index in [1.165, 1.54) is 6.33 Å². The molecule has 2 aromatic rings. The van der Waals surface area contributed by atoms with Gasteiger partial charge in [0.05, 0.1) is 12.7 Å². The molecular formula is C11H15F3N6. The Morgan fingerprint density at radius 2 is 2.00 bits per heavy atom. The second kappa shape index (κ2) is 5.93. The first-order valence-corrected chi connectivity index (χ1v) is 6.25. The number of rotatable bonds is 6. The Morgan fingerprint density at radius 1 is 1.20 bits per heavy atom. The Balaban J connectivity index is 2.15. The number of aromatic nitrogens is 4. The third-order valence-corrected chi connectivity index (χ3v) is 2.52. The molecule has 2 aromatic heterocycles. The van der Waals surface area contributed by atoms with Gasteiger partial charge >= 0.3 is 6.18 Å². The predicted octanol–water partition coefficient (Wildman–Crippen LogP) is 2.54. The fourth-order valence-corrected chi connectivity index (χ4v) is 1.60. The van der Waals surface area contributed by atoms with Gasteiger partial charge in [0, 0.05) is 13.1 Å². The molecule has 0 saturated carbocycles. The Morgan fingerprint density at radius 3 is 2.70 bits per heavy atom. The van der Waals surface area contributed by atoms with Crippen molar-refractivity contribution in [2.75, 3.05) is 23.7 Å². The molecule has 3 N–H and O–H groups in total. The summed E-state index contributed by atoms with van der Waals surface area (Å²) in [5.74, 6) is 0.663. The van der Waals surface area contributed by atoms with Gasteiger partial charge in [0.15, 0.2) is 11.5 Å². The topological polar surface area (TPSA) is 78.5 Å². The summed E-state index contributed by atoms with van der Waals surface area (Å²) in [7, 11) is 0. The number of imidazole rings is 1. The Labute approximate surface area is 113 Å². The number of halogens is 3. The van der Waals surface area contributed by atoms with Crippen molar-refractivity contribution in [1.29, 1.82) is 0 Å². The number of nitrogens with zero attached hydrogens (tertiary/aromatic N) is 3. The molecule has 0 radical (unpaired) electrons. The second-order valence-electron chi connectivity index (χ2n) is 4.22. The van der Waals surface area contributed by atoms with E-state index in [0.717, 1.165) is 6.42 Å². The van der Waals surface area contributed by atoms with Gasteiger partial charge in [-0.15, -0.1) is 0 Å². The number of aromatic amines is 1. The molecule has 0 aromatic carbocycles.